The Labute approximate surface area is 122 Å². The standard InChI is InChI=1S/C15H19N5O/c1-8-7-11(13(17)9(2)12(8)16)18-14-10(3)19-5-4-6-20(19)15(14)21/h7,16H,4-6,17H2,1-3H3. The molecule has 110 valence electrons. The Bertz CT molecular complexity index is 801. The molecule has 0 aromatic carbocycles. The summed E-state index contributed by atoms with van der Waals surface area (Å²) in [6, 6.07) is 0. The van der Waals surface area contributed by atoms with Gasteiger partial charge in [-0.25, -0.2) is 9.67 Å². The first-order valence-electron chi connectivity index (χ1n) is 7.05. The van der Waals surface area contributed by atoms with Gasteiger partial charge in [-0.2, -0.15) is 0 Å². The number of aromatic nitrogens is 2. The number of hydrogen-bond donors (Lipinski definition) is 2. The zero-order valence-corrected chi connectivity index (χ0v) is 12.5. The van der Waals surface area contributed by atoms with Crippen molar-refractivity contribution < 1.29 is 0 Å². The van der Waals surface area contributed by atoms with E-state index in [9.17, 15) is 4.79 Å². The Balaban J connectivity index is 2.16. The quantitative estimate of drug-likeness (QED) is 0.768. The second-order valence-corrected chi connectivity index (χ2v) is 5.58. The van der Waals surface area contributed by atoms with Crippen LogP contribution in [0.1, 0.15) is 26.0 Å². The van der Waals surface area contributed by atoms with E-state index in [4.69, 9.17) is 11.1 Å². The lowest BCUT2D eigenvalue weighted by molar-refractivity contribution is 0.582. The number of hydrogen-bond acceptors (Lipinski definition) is 4. The van der Waals surface area contributed by atoms with Crippen LogP contribution in [0.3, 0.4) is 0 Å². The molecule has 1 aromatic heterocycles. The second kappa shape index (κ2) is 4.58. The molecular weight excluding hydrogens is 266 g/mol. The molecule has 3 N–H and O–H groups in total. The van der Waals surface area contributed by atoms with Crippen LogP contribution < -0.4 is 11.3 Å². The van der Waals surface area contributed by atoms with Gasteiger partial charge in [-0.1, -0.05) is 0 Å². The number of nitrogens with one attached hydrogen (secondary N) is 1. The second-order valence-electron chi connectivity index (χ2n) is 5.58. The van der Waals surface area contributed by atoms with Gasteiger partial charge in [0.1, 0.15) is 0 Å². The summed E-state index contributed by atoms with van der Waals surface area (Å²) in [5, 5.41) is 7.93. The fourth-order valence-electron chi connectivity index (χ4n) is 2.89. The molecule has 0 spiro atoms. The highest BCUT2D eigenvalue weighted by atomic mass is 16.1. The van der Waals surface area contributed by atoms with Gasteiger partial charge >= 0.3 is 0 Å². The van der Waals surface area contributed by atoms with Crippen LogP contribution in [0.5, 0.6) is 0 Å². The molecule has 1 aliphatic carbocycles. The number of rotatable bonds is 1. The van der Waals surface area contributed by atoms with Crippen molar-refractivity contribution in [2.24, 2.45) is 10.7 Å². The van der Waals surface area contributed by atoms with Gasteiger partial charge in [0.2, 0.25) is 0 Å². The van der Waals surface area contributed by atoms with Crippen LogP contribution in [0.15, 0.2) is 32.7 Å². The third-order valence-electron chi connectivity index (χ3n) is 4.23. The molecule has 0 fully saturated rings. The summed E-state index contributed by atoms with van der Waals surface area (Å²) in [7, 11) is 0. The molecule has 1 aliphatic heterocycles. The number of aliphatic imine (C=N–C) groups is 1. The molecule has 0 amide bonds. The van der Waals surface area contributed by atoms with E-state index in [2.05, 4.69) is 4.99 Å². The minimum absolute atomic E-state index is 0.0605. The van der Waals surface area contributed by atoms with Crippen molar-refractivity contribution in [1.82, 2.24) is 9.36 Å². The van der Waals surface area contributed by atoms with Crippen molar-refractivity contribution in [1.29, 1.82) is 5.41 Å². The largest absolute Gasteiger partial charge is 0.397 e. The summed E-state index contributed by atoms with van der Waals surface area (Å²) in [5.74, 6) is 0. The lowest BCUT2D eigenvalue weighted by Gasteiger charge is -2.16. The summed E-state index contributed by atoms with van der Waals surface area (Å²) in [4.78, 5) is 16.9. The van der Waals surface area contributed by atoms with Gasteiger partial charge in [-0.3, -0.25) is 9.48 Å². The van der Waals surface area contributed by atoms with E-state index < -0.39 is 0 Å². The normalized spacial score (nSPS) is 20.2. The van der Waals surface area contributed by atoms with Gasteiger partial charge in [0.25, 0.3) is 5.56 Å². The van der Waals surface area contributed by atoms with Gasteiger partial charge < -0.3 is 11.1 Å². The van der Waals surface area contributed by atoms with Crippen LogP contribution in [0, 0.1) is 12.3 Å². The average molecular weight is 285 g/mol. The maximum atomic E-state index is 12.4. The smallest absolute Gasteiger partial charge is 0.292 e. The lowest BCUT2D eigenvalue weighted by Crippen LogP contribution is -2.22. The molecular formula is C15H19N5O. The monoisotopic (exact) mass is 285 g/mol. The molecule has 6 heteroatoms. The number of nitrogens with zero attached hydrogens (tertiary/aromatic N) is 3. The van der Waals surface area contributed by atoms with E-state index in [1.54, 1.807) is 10.8 Å². The molecule has 0 bridgehead atoms. The minimum Gasteiger partial charge on any atom is -0.397 e. The Morgan fingerprint density at radius 2 is 1.90 bits per heavy atom. The summed E-state index contributed by atoms with van der Waals surface area (Å²) in [6.07, 6.45) is 2.77. The van der Waals surface area contributed by atoms with Crippen LogP contribution in [0.25, 0.3) is 0 Å². The van der Waals surface area contributed by atoms with E-state index in [0.29, 0.717) is 28.4 Å². The lowest BCUT2D eigenvalue weighted by atomic mass is 9.94. The fourth-order valence-corrected chi connectivity index (χ4v) is 2.89. The van der Waals surface area contributed by atoms with E-state index in [1.807, 2.05) is 25.5 Å². The number of allylic oxidation sites excluding steroid dienone is 3. The van der Waals surface area contributed by atoms with Crippen LogP contribution in [-0.4, -0.2) is 20.8 Å². The highest BCUT2D eigenvalue weighted by Crippen LogP contribution is 2.22. The average Bonchev–Trinajstić information content (AvgIpc) is 3.02. The third kappa shape index (κ3) is 1.90. The summed E-state index contributed by atoms with van der Waals surface area (Å²) >= 11 is 0. The van der Waals surface area contributed by atoms with Crippen molar-refractivity contribution in [3.8, 4) is 0 Å². The van der Waals surface area contributed by atoms with Gasteiger partial charge in [-0.15, -0.1) is 0 Å². The predicted octanol–water partition coefficient (Wildman–Crippen LogP) is 1.65. The first-order valence-corrected chi connectivity index (χ1v) is 7.05. The van der Waals surface area contributed by atoms with Crippen molar-refractivity contribution >= 4 is 17.1 Å². The van der Waals surface area contributed by atoms with E-state index in [-0.39, 0.29) is 5.56 Å². The van der Waals surface area contributed by atoms with E-state index in [1.165, 1.54) is 0 Å². The Kier molecular flexibility index (Phi) is 2.97. The Morgan fingerprint density at radius 1 is 1.24 bits per heavy atom. The molecule has 1 aromatic rings. The molecule has 0 saturated heterocycles. The maximum Gasteiger partial charge on any atom is 0.292 e. The van der Waals surface area contributed by atoms with Crippen molar-refractivity contribution in [3.05, 3.63) is 39.0 Å². The van der Waals surface area contributed by atoms with Crippen molar-refractivity contribution in [2.45, 2.75) is 40.3 Å². The SMILES string of the molecule is CC1=CC(=Nc2c(C)n3n(c2=O)CCC3)C(N)=C(C)C1=N. The molecule has 21 heavy (non-hydrogen) atoms. The molecule has 0 unspecified atom stereocenters. The maximum absolute atomic E-state index is 12.4. The van der Waals surface area contributed by atoms with Gasteiger partial charge in [0, 0.05) is 13.1 Å². The number of fused-ring (bicyclic) bond motifs is 1. The van der Waals surface area contributed by atoms with Gasteiger partial charge in [0.05, 0.1) is 22.8 Å². The first kappa shape index (κ1) is 13.6. The summed E-state index contributed by atoms with van der Waals surface area (Å²) in [5.41, 5.74) is 10.3. The highest BCUT2D eigenvalue weighted by Gasteiger charge is 2.22. The molecule has 2 aliphatic rings. The van der Waals surface area contributed by atoms with Crippen LogP contribution in [-0.2, 0) is 13.1 Å². The molecule has 0 radical (unpaired) electrons. The van der Waals surface area contributed by atoms with Crippen molar-refractivity contribution in [2.75, 3.05) is 0 Å². The van der Waals surface area contributed by atoms with Gasteiger partial charge in [0.15, 0.2) is 5.69 Å². The fraction of sp³-hybridized carbons (Fsp3) is 0.400. The van der Waals surface area contributed by atoms with Crippen molar-refractivity contribution in [3.63, 3.8) is 0 Å². The highest BCUT2D eigenvalue weighted by molar-refractivity contribution is 6.25. The zero-order chi connectivity index (χ0) is 15.3. The minimum atomic E-state index is -0.0605. The predicted molar refractivity (Wildman–Crippen MR) is 83.5 cm³/mol. The van der Waals surface area contributed by atoms with Crippen LogP contribution in [0.4, 0.5) is 5.69 Å². The first-order chi connectivity index (χ1) is 9.91. The summed E-state index contributed by atoms with van der Waals surface area (Å²) in [6.45, 7) is 7.18. The Morgan fingerprint density at radius 3 is 2.57 bits per heavy atom. The van der Waals surface area contributed by atoms with Crippen LogP contribution >= 0.6 is 0 Å². The molecule has 0 atom stereocenters. The third-order valence-corrected chi connectivity index (χ3v) is 4.23. The Hall–Kier alpha value is -2.37. The molecule has 2 heterocycles. The molecule has 0 saturated carbocycles. The zero-order valence-electron chi connectivity index (χ0n) is 12.5. The number of nitrogens with two attached hydrogens (primary N) is 1. The summed E-state index contributed by atoms with van der Waals surface area (Å²) < 4.78 is 3.72. The topological polar surface area (TPSA) is 89.2 Å². The van der Waals surface area contributed by atoms with Crippen LogP contribution in [0.2, 0.25) is 0 Å². The van der Waals surface area contributed by atoms with Gasteiger partial charge in [-0.05, 0) is 44.4 Å². The van der Waals surface area contributed by atoms with E-state index in [0.717, 1.165) is 30.8 Å². The van der Waals surface area contributed by atoms with E-state index >= 15 is 0 Å². The molecule has 3 rings (SSSR count). The molecule has 6 nitrogen and oxygen atoms in total.